The van der Waals surface area contributed by atoms with Crippen molar-refractivity contribution in [3.05, 3.63) is 59.1 Å². The van der Waals surface area contributed by atoms with Gasteiger partial charge in [0.15, 0.2) is 0 Å². The molecule has 7 heteroatoms. The van der Waals surface area contributed by atoms with Gasteiger partial charge in [-0.15, -0.1) is 0 Å². The molecule has 2 heterocycles. The van der Waals surface area contributed by atoms with E-state index >= 15 is 0 Å². The van der Waals surface area contributed by atoms with E-state index in [1.54, 1.807) is 0 Å². The Labute approximate surface area is 176 Å². The second kappa shape index (κ2) is 9.29. The molecule has 1 aliphatic heterocycles. The van der Waals surface area contributed by atoms with E-state index in [2.05, 4.69) is 38.1 Å². The first kappa shape index (κ1) is 19.7. The fraction of sp³-hybridized carbons (Fsp3) is 0.364. The number of benzene rings is 2. The van der Waals surface area contributed by atoms with Crippen LogP contribution in [0.5, 0.6) is 5.75 Å². The predicted molar refractivity (Wildman–Crippen MR) is 115 cm³/mol. The molecule has 0 N–H and O–H groups in total. The van der Waals surface area contributed by atoms with E-state index in [4.69, 9.17) is 20.9 Å². The number of halogens is 1. The van der Waals surface area contributed by atoms with Crippen LogP contribution in [0.2, 0.25) is 5.02 Å². The average molecular weight is 413 g/mol. The number of aromatic nitrogens is 2. The van der Waals surface area contributed by atoms with Crippen LogP contribution < -0.4 is 9.64 Å². The van der Waals surface area contributed by atoms with Crippen molar-refractivity contribution in [1.82, 2.24) is 15.0 Å². The highest BCUT2D eigenvalue weighted by molar-refractivity contribution is 6.30. The zero-order chi connectivity index (χ0) is 20.1. The number of hydrogen-bond donors (Lipinski definition) is 0. The Morgan fingerprint density at radius 1 is 1.07 bits per heavy atom. The lowest BCUT2D eigenvalue weighted by Gasteiger charge is -2.33. The van der Waals surface area contributed by atoms with Gasteiger partial charge >= 0.3 is 6.01 Å². The normalized spacial score (nSPS) is 14.9. The van der Waals surface area contributed by atoms with Gasteiger partial charge in [-0.1, -0.05) is 28.9 Å². The molecule has 29 heavy (non-hydrogen) atoms. The van der Waals surface area contributed by atoms with Crippen LogP contribution in [0.25, 0.3) is 11.4 Å². The van der Waals surface area contributed by atoms with Gasteiger partial charge in [0.1, 0.15) is 5.75 Å². The second-order valence-corrected chi connectivity index (χ2v) is 7.50. The molecule has 0 saturated carbocycles. The monoisotopic (exact) mass is 412 g/mol. The van der Waals surface area contributed by atoms with Crippen molar-refractivity contribution in [3.63, 3.8) is 0 Å². The van der Waals surface area contributed by atoms with Crippen LogP contribution in [0, 0.1) is 0 Å². The third-order valence-electron chi connectivity index (χ3n) is 5.09. The van der Waals surface area contributed by atoms with Gasteiger partial charge in [0, 0.05) is 43.3 Å². The summed E-state index contributed by atoms with van der Waals surface area (Å²) in [5, 5.41) is 4.81. The minimum Gasteiger partial charge on any atom is -0.494 e. The standard InChI is InChI=1S/C22H25ClN4O2/c1-2-28-20-5-3-4-17(16-20)10-11-26-12-14-27(15-13-26)22-24-21(25-29-22)18-6-8-19(23)9-7-18/h3-9,16H,2,10-15H2,1H3. The number of rotatable bonds is 7. The number of nitrogens with zero attached hydrogens (tertiary/aromatic N) is 4. The van der Waals surface area contributed by atoms with Crippen LogP contribution in [0.3, 0.4) is 0 Å². The maximum absolute atomic E-state index is 5.94. The summed E-state index contributed by atoms with van der Waals surface area (Å²) in [6, 6.07) is 16.4. The van der Waals surface area contributed by atoms with Crippen molar-refractivity contribution in [1.29, 1.82) is 0 Å². The summed E-state index contributed by atoms with van der Waals surface area (Å²) in [5.74, 6) is 1.54. The zero-order valence-corrected chi connectivity index (χ0v) is 17.3. The van der Waals surface area contributed by atoms with Crippen molar-refractivity contribution in [3.8, 4) is 17.1 Å². The first-order valence-corrected chi connectivity index (χ1v) is 10.4. The van der Waals surface area contributed by atoms with Gasteiger partial charge in [-0.25, -0.2) is 0 Å². The van der Waals surface area contributed by atoms with Gasteiger partial charge in [0.05, 0.1) is 6.61 Å². The lowest BCUT2D eigenvalue weighted by Crippen LogP contribution is -2.47. The van der Waals surface area contributed by atoms with Gasteiger partial charge in [-0.05, 0) is 55.3 Å². The molecule has 0 aliphatic carbocycles. The number of piperazine rings is 1. The molecule has 0 bridgehead atoms. The van der Waals surface area contributed by atoms with E-state index in [-0.39, 0.29) is 0 Å². The Bertz CT molecular complexity index is 921. The van der Waals surface area contributed by atoms with Crippen LogP contribution in [-0.4, -0.2) is 54.4 Å². The second-order valence-electron chi connectivity index (χ2n) is 7.07. The molecular weight excluding hydrogens is 388 g/mol. The van der Waals surface area contributed by atoms with Crippen LogP contribution in [0.15, 0.2) is 53.1 Å². The molecule has 1 saturated heterocycles. The molecule has 152 valence electrons. The lowest BCUT2D eigenvalue weighted by molar-refractivity contribution is 0.253. The summed E-state index contributed by atoms with van der Waals surface area (Å²) in [7, 11) is 0. The zero-order valence-electron chi connectivity index (χ0n) is 16.6. The predicted octanol–water partition coefficient (Wildman–Crippen LogP) is 4.15. The van der Waals surface area contributed by atoms with E-state index < -0.39 is 0 Å². The topological polar surface area (TPSA) is 54.6 Å². The Kier molecular flexibility index (Phi) is 6.32. The SMILES string of the molecule is CCOc1cccc(CCN2CCN(c3nc(-c4ccc(Cl)cc4)no3)CC2)c1. The molecule has 0 spiro atoms. The molecule has 3 aromatic rings. The molecule has 6 nitrogen and oxygen atoms in total. The summed E-state index contributed by atoms with van der Waals surface area (Å²) in [4.78, 5) is 9.18. The van der Waals surface area contributed by atoms with Crippen molar-refractivity contribution >= 4 is 17.6 Å². The van der Waals surface area contributed by atoms with Crippen LogP contribution in [0.1, 0.15) is 12.5 Å². The molecule has 0 amide bonds. The number of ether oxygens (including phenoxy) is 1. The largest absolute Gasteiger partial charge is 0.494 e. The van der Waals surface area contributed by atoms with Crippen LogP contribution in [-0.2, 0) is 6.42 Å². The smallest absolute Gasteiger partial charge is 0.324 e. The number of hydrogen-bond acceptors (Lipinski definition) is 6. The first-order chi connectivity index (χ1) is 14.2. The van der Waals surface area contributed by atoms with E-state index in [9.17, 15) is 0 Å². The van der Waals surface area contributed by atoms with Gasteiger partial charge in [0.25, 0.3) is 0 Å². The van der Waals surface area contributed by atoms with Crippen molar-refractivity contribution in [2.75, 3.05) is 44.2 Å². The highest BCUT2D eigenvalue weighted by Crippen LogP contribution is 2.22. The number of anilines is 1. The summed E-state index contributed by atoms with van der Waals surface area (Å²) in [6.45, 7) is 7.44. The molecule has 2 aromatic carbocycles. The van der Waals surface area contributed by atoms with E-state index in [1.807, 2.05) is 37.3 Å². The molecule has 4 rings (SSSR count). The molecule has 0 unspecified atom stereocenters. The molecular formula is C22H25ClN4O2. The maximum atomic E-state index is 5.94. The highest BCUT2D eigenvalue weighted by Gasteiger charge is 2.21. The molecule has 1 aromatic heterocycles. The summed E-state index contributed by atoms with van der Waals surface area (Å²) in [5.41, 5.74) is 2.21. The van der Waals surface area contributed by atoms with Crippen LogP contribution in [0.4, 0.5) is 6.01 Å². The quantitative estimate of drug-likeness (QED) is 0.581. The fourth-order valence-electron chi connectivity index (χ4n) is 3.47. The minimum absolute atomic E-state index is 0.582. The van der Waals surface area contributed by atoms with Crippen molar-refractivity contribution in [2.45, 2.75) is 13.3 Å². The molecule has 0 atom stereocenters. The fourth-order valence-corrected chi connectivity index (χ4v) is 3.59. The van der Waals surface area contributed by atoms with E-state index in [0.29, 0.717) is 23.5 Å². The van der Waals surface area contributed by atoms with Gasteiger partial charge in [-0.3, -0.25) is 4.90 Å². The Morgan fingerprint density at radius 3 is 2.62 bits per heavy atom. The molecule has 0 radical (unpaired) electrons. The van der Waals surface area contributed by atoms with Crippen molar-refractivity contribution < 1.29 is 9.26 Å². The summed E-state index contributed by atoms with van der Waals surface area (Å²) >= 11 is 5.94. The minimum atomic E-state index is 0.582. The third-order valence-corrected chi connectivity index (χ3v) is 5.34. The van der Waals surface area contributed by atoms with Crippen molar-refractivity contribution in [2.24, 2.45) is 0 Å². The van der Waals surface area contributed by atoms with Gasteiger partial charge < -0.3 is 14.2 Å². The first-order valence-electron chi connectivity index (χ1n) is 10.00. The van der Waals surface area contributed by atoms with E-state index in [1.165, 1.54) is 5.56 Å². The Balaban J connectivity index is 1.28. The van der Waals surface area contributed by atoms with Crippen LogP contribution >= 0.6 is 11.6 Å². The molecule has 1 aliphatic rings. The summed E-state index contributed by atoms with van der Waals surface area (Å²) < 4.78 is 11.1. The van der Waals surface area contributed by atoms with Gasteiger partial charge in [-0.2, -0.15) is 4.98 Å². The molecule has 1 fully saturated rings. The van der Waals surface area contributed by atoms with Gasteiger partial charge in [0.2, 0.25) is 5.82 Å². The third kappa shape index (κ3) is 5.08. The highest BCUT2D eigenvalue weighted by atomic mass is 35.5. The summed E-state index contributed by atoms with van der Waals surface area (Å²) in [6.07, 6.45) is 1.02. The van der Waals surface area contributed by atoms with E-state index in [0.717, 1.165) is 50.5 Å². The maximum Gasteiger partial charge on any atom is 0.324 e. The lowest BCUT2D eigenvalue weighted by atomic mass is 10.1. The average Bonchev–Trinajstić information content (AvgIpc) is 3.24. The Morgan fingerprint density at radius 2 is 1.86 bits per heavy atom. The Hall–Kier alpha value is -2.57.